The molecule has 25 heavy (non-hydrogen) atoms. The summed E-state index contributed by atoms with van der Waals surface area (Å²) in [5.41, 5.74) is 1.51. The molecule has 0 aliphatic rings. The first-order valence-electron chi connectivity index (χ1n) is 8.16. The number of benzene rings is 2. The fraction of sp³-hybridized carbons (Fsp3) is 0.300. The number of nitrogens with zero attached hydrogens (tertiary/aromatic N) is 2. The molecule has 0 saturated carbocycles. The fourth-order valence-corrected chi connectivity index (χ4v) is 2.68. The van der Waals surface area contributed by atoms with Crippen LogP contribution in [0, 0.1) is 11.3 Å². The number of carbonyl (C=O) groups excluding carboxylic acids is 1. The van der Waals surface area contributed by atoms with Crippen molar-refractivity contribution in [3.8, 4) is 11.8 Å². The molecule has 5 heteroatoms. The zero-order chi connectivity index (χ0) is 18.2. The van der Waals surface area contributed by atoms with Crippen LogP contribution < -0.4 is 4.74 Å². The highest BCUT2D eigenvalue weighted by atomic mass is 16.5. The number of hydrogen-bond donors (Lipinski definition) is 1. The van der Waals surface area contributed by atoms with Crippen LogP contribution in [0.2, 0.25) is 0 Å². The predicted molar refractivity (Wildman–Crippen MR) is 94.9 cm³/mol. The third-order valence-electron chi connectivity index (χ3n) is 4.05. The van der Waals surface area contributed by atoms with Crippen LogP contribution in [0.1, 0.15) is 30.5 Å². The summed E-state index contributed by atoms with van der Waals surface area (Å²) in [5.74, 6) is 0.360. The Kier molecular flexibility index (Phi) is 6.55. The molecule has 2 atom stereocenters. The lowest BCUT2D eigenvalue weighted by atomic mass is 10.0. The van der Waals surface area contributed by atoms with Crippen molar-refractivity contribution in [1.82, 2.24) is 4.90 Å². The molecule has 0 fully saturated rings. The van der Waals surface area contributed by atoms with Gasteiger partial charge in [0.1, 0.15) is 5.75 Å². The SMILES string of the molecule is CC(Oc1ccc(C#N)cc1)C(=O)N(C)C(CCO)c1ccccc1. The highest BCUT2D eigenvalue weighted by Gasteiger charge is 2.26. The molecule has 5 nitrogen and oxygen atoms in total. The predicted octanol–water partition coefficient (Wildman–Crippen LogP) is 2.91. The second-order valence-corrected chi connectivity index (χ2v) is 5.78. The van der Waals surface area contributed by atoms with Gasteiger partial charge in [0.25, 0.3) is 5.91 Å². The Bertz CT molecular complexity index is 723. The van der Waals surface area contributed by atoms with Crippen LogP contribution >= 0.6 is 0 Å². The standard InChI is InChI=1S/C20H22N2O3/c1-15(25-18-10-8-16(14-21)9-11-18)20(24)22(2)19(12-13-23)17-6-4-3-5-7-17/h3-11,15,19,23H,12-13H2,1-2H3. The minimum atomic E-state index is -0.678. The number of carbonyl (C=O) groups is 1. The van der Waals surface area contributed by atoms with E-state index in [9.17, 15) is 9.90 Å². The van der Waals surface area contributed by atoms with Crippen molar-refractivity contribution in [3.63, 3.8) is 0 Å². The van der Waals surface area contributed by atoms with Gasteiger partial charge in [-0.2, -0.15) is 5.26 Å². The van der Waals surface area contributed by atoms with Crippen LogP contribution in [-0.2, 0) is 4.79 Å². The number of amides is 1. The lowest BCUT2D eigenvalue weighted by Crippen LogP contribution is -2.40. The van der Waals surface area contributed by atoms with Crippen molar-refractivity contribution in [1.29, 1.82) is 5.26 Å². The molecule has 130 valence electrons. The first-order valence-corrected chi connectivity index (χ1v) is 8.16. The van der Waals surface area contributed by atoms with E-state index < -0.39 is 6.10 Å². The van der Waals surface area contributed by atoms with Crippen LogP contribution in [0.15, 0.2) is 54.6 Å². The van der Waals surface area contributed by atoms with Crippen molar-refractivity contribution in [2.75, 3.05) is 13.7 Å². The Morgan fingerprint density at radius 3 is 2.40 bits per heavy atom. The number of aliphatic hydroxyl groups is 1. The Morgan fingerprint density at radius 1 is 1.20 bits per heavy atom. The number of nitriles is 1. The average Bonchev–Trinajstić information content (AvgIpc) is 2.66. The van der Waals surface area contributed by atoms with Crippen LogP contribution in [0.5, 0.6) is 5.75 Å². The first-order chi connectivity index (χ1) is 12.1. The quantitative estimate of drug-likeness (QED) is 0.842. The lowest BCUT2D eigenvalue weighted by molar-refractivity contribution is -0.139. The van der Waals surface area contributed by atoms with Crippen molar-refractivity contribution in [2.24, 2.45) is 0 Å². The maximum atomic E-state index is 12.7. The molecule has 0 heterocycles. The maximum Gasteiger partial charge on any atom is 0.263 e. The molecule has 2 rings (SSSR count). The van der Waals surface area contributed by atoms with Gasteiger partial charge in [-0.3, -0.25) is 4.79 Å². The average molecular weight is 338 g/mol. The molecule has 0 aromatic heterocycles. The topological polar surface area (TPSA) is 73.6 Å². The van der Waals surface area contributed by atoms with E-state index in [1.807, 2.05) is 36.4 Å². The van der Waals surface area contributed by atoms with Crippen molar-refractivity contribution in [2.45, 2.75) is 25.5 Å². The van der Waals surface area contributed by atoms with Crippen LogP contribution in [0.25, 0.3) is 0 Å². The van der Waals surface area contributed by atoms with Gasteiger partial charge in [0.05, 0.1) is 17.7 Å². The molecule has 0 aliphatic heterocycles. The van der Waals surface area contributed by atoms with E-state index >= 15 is 0 Å². The molecular weight excluding hydrogens is 316 g/mol. The third-order valence-corrected chi connectivity index (χ3v) is 4.05. The van der Waals surface area contributed by atoms with Gasteiger partial charge in [-0.15, -0.1) is 0 Å². The van der Waals surface area contributed by atoms with E-state index in [1.54, 1.807) is 43.1 Å². The van der Waals surface area contributed by atoms with Crippen molar-refractivity contribution < 1.29 is 14.6 Å². The van der Waals surface area contributed by atoms with Gasteiger partial charge >= 0.3 is 0 Å². The summed E-state index contributed by atoms with van der Waals surface area (Å²) in [6, 6.07) is 18.1. The fourth-order valence-electron chi connectivity index (χ4n) is 2.68. The highest BCUT2D eigenvalue weighted by molar-refractivity contribution is 5.81. The summed E-state index contributed by atoms with van der Waals surface area (Å²) in [6.07, 6.45) is -0.224. The first kappa shape index (κ1) is 18.5. The molecule has 2 aromatic rings. The van der Waals surface area contributed by atoms with E-state index in [0.29, 0.717) is 17.7 Å². The van der Waals surface area contributed by atoms with E-state index in [1.165, 1.54) is 0 Å². The summed E-state index contributed by atoms with van der Waals surface area (Å²) < 4.78 is 5.70. The zero-order valence-corrected chi connectivity index (χ0v) is 14.4. The number of hydrogen-bond acceptors (Lipinski definition) is 4. The van der Waals surface area contributed by atoms with E-state index in [2.05, 4.69) is 0 Å². The highest BCUT2D eigenvalue weighted by Crippen LogP contribution is 2.24. The molecule has 0 radical (unpaired) electrons. The van der Waals surface area contributed by atoms with Gasteiger partial charge in [-0.25, -0.2) is 0 Å². The van der Waals surface area contributed by atoms with Crippen LogP contribution in [0.4, 0.5) is 0 Å². The van der Waals surface area contributed by atoms with Gasteiger partial charge in [-0.05, 0) is 43.2 Å². The van der Waals surface area contributed by atoms with Gasteiger partial charge < -0.3 is 14.7 Å². The maximum absolute atomic E-state index is 12.7. The summed E-state index contributed by atoms with van der Waals surface area (Å²) in [7, 11) is 1.72. The summed E-state index contributed by atoms with van der Waals surface area (Å²) in [6.45, 7) is 1.68. The van der Waals surface area contributed by atoms with Crippen molar-refractivity contribution >= 4 is 5.91 Å². The normalized spacial score (nSPS) is 12.7. The van der Waals surface area contributed by atoms with E-state index in [0.717, 1.165) is 5.56 Å². The van der Waals surface area contributed by atoms with E-state index in [-0.39, 0.29) is 18.6 Å². The number of aliphatic hydroxyl groups excluding tert-OH is 1. The van der Waals surface area contributed by atoms with Gasteiger partial charge in [-0.1, -0.05) is 30.3 Å². The smallest absolute Gasteiger partial charge is 0.263 e. The summed E-state index contributed by atoms with van der Waals surface area (Å²) >= 11 is 0. The molecule has 2 unspecified atom stereocenters. The second kappa shape index (κ2) is 8.86. The van der Waals surface area contributed by atoms with Gasteiger partial charge in [0, 0.05) is 13.7 Å². The molecular formula is C20H22N2O3. The Hall–Kier alpha value is -2.84. The summed E-state index contributed by atoms with van der Waals surface area (Å²) in [4.78, 5) is 14.3. The van der Waals surface area contributed by atoms with Gasteiger partial charge in [0.2, 0.25) is 0 Å². The molecule has 0 bridgehead atoms. The molecule has 1 amide bonds. The molecule has 2 aromatic carbocycles. The molecule has 0 aliphatic carbocycles. The van der Waals surface area contributed by atoms with Crippen LogP contribution in [-0.4, -0.2) is 35.7 Å². The number of likely N-dealkylation sites (N-methyl/N-ethyl adjacent to an activating group) is 1. The van der Waals surface area contributed by atoms with Gasteiger partial charge in [0.15, 0.2) is 6.10 Å². The Labute approximate surface area is 148 Å². The van der Waals surface area contributed by atoms with Crippen LogP contribution in [0.3, 0.4) is 0 Å². The van der Waals surface area contributed by atoms with Crippen molar-refractivity contribution in [3.05, 3.63) is 65.7 Å². The van der Waals surface area contributed by atoms with E-state index in [4.69, 9.17) is 10.00 Å². The number of ether oxygens (including phenoxy) is 1. The molecule has 0 spiro atoms. The monoisotopic (exact) mass is 338 g/mol. The lowest BCUT2D eigenvalue weighted by Gasteiger charge is -2.30. The zero-order valence-electron chi connectivity index (χ0n) is 14.4. The summed E-state index contributed by atoms with van der Waals surface area (Å²) in [5, 5.41) is 18.2. The molecule has 0 saturated heterocycles. The largest absolute Gasteiger partial charge is 0.481 e. The third kappa shape index (κ3) is 4.82. The minimum absolute atomic E-state index is 0.0119. The Morgan fingerprint density at radius 2 is 1.84 bits per heavy atom. The number of rotatable bonds is 7. The Balaban J connectivity index is 2.09. The minimum Gasteiger partial charge on any atom is -0.481 e. The second-order valence-electron chi connectivity index (χ2n) is 5.78. The molecule has 1 N–H and O–H groups in total.